The molecule has 4 aromatic rings. The van der Waals surface area contributed by atoms with Crippen LogP contribution in [0, 0.1) is 11.8 Å². The first-order valence-corrected chi connectivity index (χ1v) is 11.4. The van der Waals surface area contributed by atoms with Crippen LogP contribution in [-0.2, 0) is 10.0 Å². The summed E-state index contributed by atoms with van der Waals surface area (Å²) in [5, 5.41) is 0.610. The van der Waals surface area contributed by atoms with Crippen molar-refractivity contribution in [1.82, 2.24) is 9.97 Å². The van der Waals surface area contributed by atoms with Gasteiger partial charge in [0.25, 0.3) is 10.0 Å². The molecule has 0 aliphatic heterocycles. The van der Waals surface area contributed by atoms with Crippen molar-refractivity contribution in [3.63, 3.8) is 0 Å². The molecule has 2 aromatic heterocycles. The molecular formula is C23H16BrN3O3S. The summed E-state index contributed by atoms with van der Waals surface area (Å²) >= 11 is 3.39. The molecule has 0 amide bonds. The van der Waals surface area contributed by atoms with Crippen molar-refractivity contribution >= 4 is 42.5 Å². The highest BCUT2D eigenvalue weighted by molar-refractivity contribution is 9.10. The molecule has 0 saturated carbocycles. The second-order valence-corrected chi connectivity index (χ2v) is 9.02. The fourth-order valence-corrected chi connectivity index (χ4v) is 4.60. The topological polar surface area (TPSA) is 81.2 Å². The van der Waals surface area contributed by atoms with Crippen LogP contribution >= 0.6 is 15.9 Å². The van der Waals surface area contributed by atoms with Gasteiger partial charge in [-0.1, -0.05) is 27.8 Å². The van der Waals surface area contributed by atoms with Crippen LogP contribution in [-0.4, -0.2) is 25.5 Å². The van der Waals surface area contributed by atoms with Crippen molar-refractivity contribution in [1.29, 1.82) is 0 Å². The first kappa shape index (κ1) is 20.8. The number of sulfonamides is 1. The maximum Gasteiger partial charge on any atom is 0.264 e. The van der Waals surface area contributed by atoms with Gasteiger partial charge in [0.15, 0.2) is 0 Å². The maximum absolute atomic E-state index is 13.3. The third-order valence-electron chi connectivity index (χ3n) is 4.43. The molecule has 1 N–H and O–H groups in total. The van der Waals surface area contributed by atoms with Gasteiger partial charge < -0.3 is 4.74 Å². The summed E-state index contributed by atoms with van der Waals surface area (Å²) in [6.45, 7) is 0. The van der Waals surface area contributed by atoms with Crippen molar-refractivity contribution < 1.29 is 13.2 Å². The van der Waals surface area contributed by atoms with Crippen LogP contribution in [0.4, 0.5) is 5.69 Å². The second kappa shape index (κ2) is 8.76. The minimum absolute atomic E-state index is 0.0510. The van der Waals surface area contributed by atoms with Crippen LogP contribution in [0.1, 0.15) is 11.1 Å². The minimum Gasteiger partial charge on any atom is -0.496 e. The second-order valence-electron chi connectivity index (χ2n) is 6.45. The lowest BCUT2D eigenvalue weighted by Gasteiger charge is -2.13. The molecule has 6 nitrogen and oxygen atoms in total. The Morgan fingerprint density at radius 2 is 1.87 bits per heavy atom. The summed E-state index contributed by atoms with van der Waals surface area (Å²) in [7, 11) is -2.43. The van der Waals surface area contributed by atoms with E-state index in [0.29, 0.717) is 27.9 Å². The lowest BCUT2D eigenvalue weighted by Crippen LogP contribution is -2.15. The van der Waals surface area contributed by atoms with Crippen LogP contribution in [0.5, 0.6) is 5.75 Å². The molecule has 0 atom stereocenters. The van der Waals surface area contributed by atoms with Crippen LogP contribution in [0.2, 0.25) is 0 Å². The Morgan fingerprint density at radius 3 is 2.65 bits per heavy atom. The Balaban J connectivity index is 1.77. The summed E-state index contributed by atoms with van der Waals surface area (Å²) in [6, 6.07) is 15.4. The van der Waals surface area contributed by atoms with E-state index in [1.54, 1.807) is 61.1 Å². The summed E-state index contributed by atoms with van der Waals surface area (Å²) in [4.78, 5) is 8.36. The van der Waals surface area contributed by atoms with Gasteiger partial charge in [-0.2, -0.15) is 0 Å². The molecule has 8 heteroatoms. The molecule has 0 aliphatic carbocycles. The van der Waals surface area contributed by atoms with E-state index in [2.05, 4.69) is 42.5 Å². The van der Waals surface area contributed by atoms with Crippen LogP contribution in [0.25, 0.3) is 10.9 Å². The van der Waals surface area contributed by atoms with Crippen molar-refractivity contribution in [3.8, 4) is 17.6 Å². The summed E-state index contributed by atoms with van der Waals surface area (Å²) in [5.74, 6) is 6.56. The molecule has 0 bridgehead atoms. The molecule has 0 saturated heterocycles. The zero-order valence-corrected chi connectivity index (χ0v) is 18.7. The molecule has 0 aliphatic rings. The zero-order chi connectivity index (χ0) is 21.8. The van der Waals surface area contributed by atoms with Gasteiger partial charge in [-0.05, 0) is 54.6 Å². The lowest BCUT2D eigenvalue weighted by atomic mass is 10.1. The average Bonchev–Trinajstić information content (AvgIpc) is 2.78. The number of methoxy groups -OCH3 is 1. The number of pyridine rings is 2. The largest absolute Gasteiger partial charge is 0.496 e. The Kier molecular flexibility index (Phi) is 5.89. The van der Waals surface area contributed by atoms with Gasteiger partial charge in [0.2, 0.25) is 0 Å². The lowest BCUT2D eigenvalue weighted by molar-refractivity contribution is 0.419. The first-order chi connectivity index (χ1) is 15.0. The quantitative estimate of drug-likeness (QED) is 0.420. The zero-order valence-electron chi connectivity index (χ0n) is 16.3. The van der Waals surface area contributed by atoms with E-state index >= 15 is 0 Å². The smallest absolute Gasteiger partial charge is 0.264 e. The molecule has 0 radical (unpaired) electrons. The predicted molar refractivity (Wildman–Crippen MR) is 123 cm³/mol. The van der Waals surface area contributed by atoms with Crippen molar-refractivity contribution in [2.24, 2.45) is 0 Å². The number of aromatic nitrogens is 2. The third kappa shape index (κ3) is 4.53. The molecule has 154 valence electrons. The Bertz CT molecular complexity index is 1430. The van der Waals surface area contributed by atoms with E-state index in [1.807, 2.05) is 6.07 Å². The van der Waals surface area contributed by atoms with E-state index in [1.165, 1.54) is 13.2 Å². The monoisotopic (exact) mass is 493 g/mol. The molecule has 0 fully saturated rings. The number of anilines is 1. The number of hydrogen-bond donors (Lipinski definition) is 1. The van der Waals surface area contributed by atoms with Gasteiger partial charge in [-0.3, -0.25) is 14.7 Å². The molecular weight excluding hydrogens is 478 g/mol. The standard InChI is InChI=1S/C23H16BrN3O3S/c1-30-21-10-11-22(23-19(21)5-3-13-26-23)31(28,29)27-20-14-18(24)9-8-17(20)7-6-16-4-2-12-25-15-16/h2-5,8-15,27H,1H3. The van der Waals surface area contributed by atoms with Crippen LogP contribution < -0.4 is 9.46 Å². The van der Waals surface area contributed by atoms with Gasteiger partial charge in [-0.25, -0.2) is 8.42 Å². The van der Waals surface area contributed by atoms with Crippen LogP contribution in [0.3, 0.4) is 0 Å². The third-order valence-corrected chi connectivity index (χ3v) is 6.32. The van der Waals surface area contributed by atoms with Gasteiger partial charge in [0.05, 0.1) is 18.3 Å². The summed E-state index contributed by atoms with van der Waals surface area (Å²) in [5.41, 5.74) is 1.93. The molecule has 4 rings (SSSR count). The minimum atomic E-state index is -3.96. The average molecular weight is 494 g/mol. The molecule has 31 heavy (non-hydrogen) atoms. The van der Waals surface area contributed by atoms with E-state index in [0.717, 1.165) is 10.0 Å². The van der Waals surface area contributed by atoms with Crippen molar-refractivity contribution in [2.75, 3.05) is 11.8 Å². The molecule has 0 unspecified atom stereocenters. The number of ether oxygens (including phenoxy) is 1. The summed E-state index contributed by atoms with van der Waals surface area (Å²) < 4.78 is 35.3. The number of nitrogens with one attached hydrogen (secondary N) is 1. The highest BCUT2D eigenvalue weighted by Gasteiger charge is 2.21. The van der Waals surface area contributed by atoms with Crippen molar-refractivity contribution in [3.05, 3.63) is 88.8 Å². The summed E-state index contributed by atoms with van der Waals surface area (Å²) in [6.07, 6.45) is 4.85. The maximum atomic E-state index is 13.3. The van der Waals surface area contributed by atoms with Gasteiger partial charge >= 0.3 is 0 Å². The van der Waals surface area contributed by atoms with E-state index in [9.17, 15) is 8.42 Å². The number of hydrogen-bond acceptors (Lipinski definition) is 5. The number of rotatable bonds is 4. The first-order valence-electron chi connectivity index (χ1n) is 9.14. The number of nitrogens with zero attached hydrogens (tertiary/aromatic N) is 2. The van der Waals surface area contributed by atoms with Gasteiger partial charge in [0.1, 0.15) is 10.6 Å². The number of benzene rings is 2. The normalized spacial score (nSPS) is 10.9. The van der Waals surface area contributed by atoms with E-state index in [4.69, 9.17) is 4.74 Å². The van der Waals surface area contributed by atoms with E-state index < -0.39 is 10.0 Å². The van der Waals surface area contributed by atoms with Crippen molar-refractivity contribution in [2.45, 2.75) is 4.90 Å². The van der Waals surface area contributed by atoms with Crippen LogP contribution in [0.15, 0.2) is 82.6 Å². The number of halogens is 1. The Hall–Kier alpha value is -3.41. The predicted octanol–water partition coefficient (Wildman–Crippen LogP) is 4.60. The highest BCUT2D eigenvalue weighted by atomic mass is 79.9. The molecule has 2 heterocycles. The Labute approximate surface area is 188 Å². The Morgan fingerprint density at radius 1 is 1.03 bits per heavy atom. The van der Waals surface area contributed by atoms with Gasteiger partial charge in [0, 0.05) is 39.6 Å². The molecule has 0 spiro atoms. The fraction of sp³-hybridized carbons (Fsp3) is 0.0435. The fourth-order valence-electron chi connectivity index (χ4n) is 3.00. The SMILES string of the molecule is COc1ccc(S(=O)(=O)Nc2cc(Br)ccc2C#Cc2cccnc2)c2ncccc12. The van der Waals surface area contributed by atoms with E-state index in [-0.39, 0.29) is 4.90 Å². The highest BCUT2D eigenvalue weighted by Crippen LogP contribution is 2.31. The molecule has 2 aromatic carbocycles. The van der Waals surface area contributed by atoms with Gasteiger partial charge in [-0.15, -0.1) is 0 Å². The number of fused-ring (bicyclic) bond motifs is 1.